The van der Waals surface area contributed by atoms with E-state index in [0.717, 1.165) is 21.9 Å². The van der Waals surface area contributed by atoms with Crippen LogP contribution in [0.2, 0.25) is 0 Å². The number of benzene rings is 3. The van der Waals surface area contributed by atoms with Crippen molar-refractivity contribution < 1.29 is 19.1 Å². The van der Waals surface area contributed by atoms with Crippen molar-refractivity contribution in [3.8, 4) is 0 Å². The van der Waals surface area contributed by atoms with Crippen molar-refractivity contribution in [3.05, 3.63) is 83.4 Å². The Hall–Kier alpha value is -3.75. The predicted molar refractivity (Wildman–Crippen MR) is 148 cm³/mol. The summed E-state index contributed by atoms with van der Waals surface area (Å²) in [6.07, 6.45) is 1.24. The lowest BCUT2D eigenvalue weighted by Gasteiger charge is -2.37. The predicted octanol–water partition coefficient (Wildman–Crippen LogP) is 2.70. The number of nitrogens with one attached hydrogen (secondary N) is 4. The molecule has 3 amide bonds. The number of fused-ring (bicyclic) bond motifs is 1. The summed E-state index contributed by atoms with van der Waals surface area (Å²) in [6, 6.07) is 21.1. The van der Waals surface area contributed by atoms with Crippen molar-refractivity contribution in [2.45, 2.75) is 38.3 Å². The highest BCUT2D eigenvalue weighted by Crippen LogP contribution is 2.21. The van der Waals surface area contributed by atoms with Gasteiger partial charge in [0, 0.05) is 25.3 Å². The van der Waals surface area contributed by atoms with Crippen LogP contribution in [0.25, 0.3) is 10.8 Å². The van der Waals surface area contributed by atoms with Crippen LogP contribution >= 0.6 is 0 Å². The van der Waals surface area contributed by atoms with Crippen molar-refractivity contribution >= 4 is 28.5 Å². The first-order chi connectivity index (χ1) is 18.5. The number of hydrogen-bond donors (Lipinski definition) is 4. The standard InChI is InChI=1S/C30H36N4O4/c1-2-38-21-22-10-12-24(13-11-22)28(36)34-30(14-16-31-17-15-30)29(37)33-19-18-32-27(35)20-25-8-5-7-23-6-3-4-9-26(23)25/h3-13,31H,2,14-21H2,1H3,(H,32,35)(H,33,37)(H,34,36). The second-order valence-corrected chi connectivity index (χ2v) is 9.54. The minimum absolute atomic E-state index is 0.103. The second kappa shape index (κ2) is 13.2. The van der Waals surface area contributed by atoms with Gasteiger partial charge in [0.1, 0.15) is 5.54 Å². The summed E-state index contributed by atoms with van der Waals surface area (Å²) in [5.41, 5.74) is 1.45. The maximum atomic E-state index is 13.3. The minimum Gasteiger partial charge on any atom is -0.377 e. The number of carbonyl (C=O) groups is 3. The van der Waals surface area contributed by atoms with Gasteiger partial charge in [-0.25, -0.2) is 0 Å². The normalized spacial score (nSPS) is 14.6. The third-order valence-corrected chi connectivity index (χ3v) is 6.90. The summed E-state index contributed by atoms with van der Waals surface area (Å²) in [5.74, 6) is -0.620. The van der Waals surface area contributed by atoms with Gasteiger partial charge in [-0.3, -0.25) is 14.4 Å². The fourth-order valence-corrected chi connectivity index (χ4v) is 4.75. The summed E-state index contributed by atoms with van der Waals surface area (Å²) >= 11 is 0. The summed E-state index contributed by atoms with van der Waals surface area (Å²) in [4.78, 5) is 38.8. The fourth-order valence-electron chi connectivity index (χ4n) is 4.75. The Morgan fingerprint density at radius 1 is 0.895 bits per heavy atom. The van der Waals surface area contributed by atoms with Crippen LogP contribution in [-0.2, 0) is 27.4 Å². The van der Waals surface area contributed by atoms with Crippen molar-refractivity contribution in [2.75, 3.05) is 32.8 Å². The minimum atomic E-state index is -1.00. The molecule has 1 heterocycles. The molecule has 8 heteroatoms. The molecule has 0 unspecified atom stereocenters. The van der Waals surface area contributed by atoms with E-state index in [-0.39, 0.29) is 30.7 Å². The number of hydrogen-bond acceptors (Lipinski definition) is 5. The Balaban J connectivity index is 1.29. The van der Waals surface area contributed by atoms with Gasteiger partial charge in [0.25, 0.3) is 5.91 Å². The fraction of sp³-hybridized carbons (Fsp3) is 0.367. The molecule has 0 aliphatic carbocycles. The molecule has 3 aromatic rings. The molecule has 1 aliphatic heterocycles. The van der Waals surface area contributed by atoms with Crippen LogP contribution in [0.3, 0.4) is 0 Å². The Labute approximate surface area is 223 Å². The van der Waals surface area contributed by atoms with Gasteiger partial charge in [0.15, 0.2) is 0 Å². The van der Waals surface area contributed by atoms with Crippen LogP contribution in [0, 0.1) is 0 Å². The number of rotatable bonds is 11. The molecule has 3 aromatic carbocycles. The highest BCUT2D eigenvalue weighted by Gasteiger charge is 2.40. The lowest BCUT2D eigenvalue weighted by Crippen LogP contribution is -2.63. The highest BCUT2D eigenvalue weighted by atomic mass is 16.5. The van der Waals surface area contributed by atoms with Gasteiger partial charge >= 0.3 is 0 Å². The van der Waals surface area contributed by atoms with Gasteiger partial charge in [-0.1, -0.05) is 54.6 Å². The van der Waals surface area contributed by atoms with Gasteiger partial charge in [0.05, 0.1) is 13.0 Å². The summed E-state index contributed by atoms with van der Waals surface area (Å²) in [7, 11) is 0. The van der Waals surface area contributed by atoms with Crippen molar-refractivity contribution in [3.63, 3.8) is 0 Å². The van der Waals surface area contributed by atoms with Crippen LogP contribution in [0.1, 0.15) is 41.3 Å². The van der Waals surface area contributed by atoms with Crippen LogP contribution in [-0.4, -0.2) is 56.0 Å². The number of amides is 3. The molecule has 8 nitrogen and oxygen atoms in total. The summed E-state index contributed by atoms with van der Waals surface area (Å²) < 4.78 is 5.41. The van der Waals surface area contributed by atoms with Gasteiger partial charge in [-0.2, -0.15) is 0 Å². The van der Waals surface area contributed by atoms with Crippen LogP contribution in [0.4, 0.5) is 0 Å². The van der Waals surface area contributed by atoms with E-state index in [1.165, 1.54) is 0 Å². The van der Waals surface area contributed by atoms with E-state index in [1.54, 1.807) is 12.1 Å². The Kier molecular flexibility index (Phi) is 9.46. The SMILES string of the molecule is CCOCc1ccc(C(=O)NC2(C(=O)NCCNC(=O)Cc3cccc4ccccc34)CCNCC2)cc1. The van der Waals surface area contributed by atoms with E-state index >= 15 is 0 Å². The molecule has 38 heavy (non-hydrogen) atoms. The quantitative estimate of drug-likeness (QED) is 0.293. The lowest BCUT2D eigenvalue weighted by atomic mass is 9.86. The molecule has 1 aliphatic rings. The molecule has 0 spiro atoms. The molecule has 200 valence electrons. The van der Waals surface area contributed by atoms with E-state index in [4.69, 9.17) is 4.74 Å². The number of piperidine rings is 1. The van der Waals surface area contributed by atoms with Gasteiger partial charge in [-0.15, -0.1) is 0 Å². The van der Waals surface area contributed by atoms with E-state index < -0.39 is 5.54 Å². The first kappa shape index (κ1) is 27.3. The molecule has 0 bridgehead atoms. The van der Waals surface area contributed by atoms with Crippen molar-refractivity contribution in [1.29, 1.82) is 0 Å². The molecule has 0 aromatic heterocycles. The third-order valence-electron chi connectivity index (χ3n) is 6.90. The first-order valence-corrected chi connectivity index (χ1v) is 13.2. The largest absolute Gasteiger partial charge is 0.377 e. The second-order valence-electron chi connectivity index (χ2n) is 9.54. The molecule has 1 fully saturated rings. The molecule has 1 saturated heterocycles. The average Bonchev–Trinajstić information content (AvgIpc) is 2.95. The average molecular weight is 517 g/mol. The van der Waals surface area contributed by atoms with Crippen LogP contribution < -0.4 is 21.3 Å². The highest BCUT2D eigenvalue weighted by molar-refractivity contribution is 5.99. The smallest absolute Gasteiger partial charge is 0.252 e. The first-order valence-electron chi connectivity index (χ1n) is 13.2. The summed E-state index contributed by atoms with van der Waals surface area (Å²) in [6.45, 7) is 4.89. The molecule has 4 rings (SSSR count). The van der Waals surface area contributed by atoms with Crippen molar-refractivity contribution in [1.82, 2.24) is 21.3 Å². The Morgan fingerprint density at radius 2 is 1.61 bits per heavy atom. The molecular formula is C30H36N4O4. The zero-order valence-corrected chi connectivity index (χ0v) is 21.8. The van der Waals surface area contributed by atoms with E-state index in [9.17, 15) is 14.4 Å². The molecule has 4 N–H and O–H groups in total. The van der Waals surface area contributed by atoms with Crippen molar-refractivity contribution in [2.24, 2.45) is 0 Å². The number of ether oxygens (including phenoxy) is 1. The maximum absolute atomic E-state index is 13.3. The zero-order valence-electron chi connectivity index (χ0n) is 21.8. The zero-order chi connectivity index (χ0) is 26.8. The topological polar surface area (TPSA) is 109 Å². The van der Waals surface area contributed by atoms with E-state index in [1.807, 2.05) is 61.5 Å². The monoisotopic (exact) mass is 516 g/mol. The number of carbonyl (C=O) groups excluding carboxylic acids is 3. The van der Waals surface area contributed by atoms with Gasteiger partial charge in [-0.05, 0) is 66.9 Å². The lowest BCUT2D eigenvalue weighted by molar-refractivity contribution is -0.128. The molecule has 0 atom stereocenters. The van der Waals surface area contributed by atoms with E-state index in [0.29, 0.717) is 51.3 Å². The maximum Gasteiger partial charge on any atom is 0.252 e. The van der Waals surface area contributed by atoms with Gasteiger partial charge in [0.2, 0.25) is 11.8 Å². The van der Waals surface area contributed by atoms with E-state index in [2.05, 4.69) is 21.3 Å². The summed E-state index contributed by atoms with van der Waals surface area (Å²) in [5, 5.41) is 14.2. The molecular weight excluding hydrogens is 480 g/mol. The van der Waals surface area contributed by atoms with Crippen LogP contribution in [0.15, 0.2) is 66.7 Å². The molecule has 0 saturated carbocycles. The van der Waals surface area contributed by atoms with Crippen LogP contribution in [0.5, 0.6) is 0 Å². The molecule has 0 radical (unpaired) electrons. The van der Waals surface area contributed by atoms with Gasteiger partial charge < -0.3 is 26.0 Å². The Morgan fingerprint density at radius 3 is 2.37 bits per heavy atom. The third kappa shape index (κ3) is 6.96. The Bertz CT molecular complexity index is 1250.